The van der Waals surface area contributed by atoms with Crippen LogP contribution in [0, 0.1) is 0 Å². The Labute approximate surface area is 180 Å². The fourth-order valence-corrected chi connectivity index (χ4v) is 3.37. The number of hydrogen-bond acceptors (Lipinski definition) is 5. The number of hydrogen-bond donors (Lipinski definition) is 3. The fourth-order valence-electron chi connectivity index (χ4n) is 3.37. The van der Waals surface area contributed by atoms with E-state index < -0.39 is 0 Å². The molecular weight excluding hydrogens is 382 g/mol. The van der Waals surface area contributed by atoms with Crippen LogP contribution >= 0.6 is 0 Å². The molecule has 0 bridgehead atoms. The maximum atomic E-state index is 11.9. The molecule has 0 spiro atoms. The van der Waals surface area contributed by atoms with E-state index >= 15 is 0 Å². The lowest BCUT2D eigenvalue weighted by Crippen LogP contribution is -2.50. The molecule has 2 heterocycles. The summed E-state index contributed by atoms with van der Waals surface area (Å²) >= 11 is 0. The number of piperidine rings is 1. The van der Waals surface area contributed by atoms with Gasteiger partial charge in [0.2, 0.25) is 5.91 Å². The average Bonchev–Trinajstić information content (AvgIpc) is 3.27. The van der Waals surface area contributed by atoms with Crippen LogP contribution in [0.5, 0.6) is 0 Å². The van der Waals surface area contributed by atoms with E-state index in [4.69, 9.17) is 14.1 Å². The van der Waals surface area contributed by atoms with Crippen molar-refractivity contribution >= 4 is 11.9 Å². The third kappa shape index (κ3) is 10.1. The van der Waals surface area contributed by atoms with Gasteiger partial charge in [0.1, 0.15) is 5.76 Å². The van der Waals surface area contributed by atoms with E-state index in [-0.39, 0.29) is 5.91 Å². The number of nitrogens with zero attached hydrogens (tertiary/aromatic N) is 2. The number of nitrogens with one attached hydrogen (secondary N) is 3. The van der Waals surface area contributed by atoms with Crippen molar-refractivity contribution in [2.24, 2.45) is 4.99 Å². The monoisotopic (exact) mass is 421 g/mol. The molecule has 0 radical (unpaired) electrons. The molecule has 0 aliphatic carbocycles. The van der Waals surface area contributed by atoms with Crippen molar-refractivity contribution in [3.8, 4) is 0 Å². The van der Waals surface area contributed by atoms with Crippen LogP contribution in [0.25, 0.3) is 0 Å². The first-order valence-corrected chi connectivity index (χ1v) is 11.3. The summed E-state index contributed by atoms with van der Waals surface area (Å²) in [6, 6.07) is 4.26. The second-order valence-electron chi connectivity index (χ2n) is 7.58. The molecule has 1 aliphatic heterocycles. The van der Waals surface area contributed by atoms with Crippen molar-refractivity contribution < 1.29 is 13.9 Å². The van der Waals surface area contributed by atoms with Crippen LogP contribution in [0.2, 0.25) is 0 Å². The number of furan rings is 1. The van der Waals surface area contributed by atoms with Gasteiger partial charge in [0, 0.05) is 58.4 Å². The molecule has 1 aromatic rings. The number of carbonyl (C=O) groups is 1. The third-order valence-electron chi connectivity index (χ3n) is 5.03. The van der Waals surface area contributed by atoms with E-state index in [2.05, 4.69) is 27.8 Å². The highest BCUT2D eigenvalue weighted by Crippen LogP contribution is 2.10. The van der Waals surface area contributed by atoms with Gasteiger partial charge in [0.15, 0.2) is 5.96 Å². The minimum atomic E-state index is 0.124. The molecule has 8 heteroatoms. The normalized spacial score (nSPS) is 15.9. The molecule has 1 aromatic heterocycles. The second kappa shape index (κ2) is 14.8. The van der Waals surface area contributed by atoms with E-state index in [1.807, 2.05) is 19.1 Å². The van der Waals surface area contributed by atoms with Gasteiger partial charge in [0.05, 0.1) is 12.8 Å². The smallest absolute Gasteiger partial charge is 0.234 e. The van der Waals surface area contributed by atoms with Gasteiger partial charge in [-0.05, 0) is 44.7 Å². The molecule has 170 valence electrons. The zero-order valence-corrected chi connectivity index (χ0v) is 18.6. The number of aliphatic imine (C=N–C) groups is 1. The highest BCUT2D eigenvalue weighted by molar-refractivity contribution is 5.80. The van der Waals surface area contributed by atoms with Crippen molar-refractivity contribution in [2.45, 2.75) is 52.0 Å². The molecule has 1 fully saturated rings. The first-order chi connectivity index (χ1) is 14.7. The van der Waals surface area contributed by atoms with Crippen LogP contribution in [-0.4, -0.2) is 75.3 Å². The van der Waals surface area contributed by atoms with Crippen molar-refractivity contribution in [3.63, 3.8) is 0 Å². The predicted octanol–water partition coefficient (Wildman–Crippen LogP) is 1.77. The fraction of sp³-hybridized carbons (Fsp3) is 0.727. The lowest BCUT2D eigenvalue weighted by Gasteiger charge is -2.32. The second-order valence-corrected chi connectivity index (χ2v) is 7.58. The molecular formula is C22H39N5O3. The topological polar surface area (TPSA) is 91.1 Å². The first-order valence-electron chi connectivity index (χ1n) is 11.3. The molecule has 8 nitrogen and oxygen atoms in total. The summed E-state index contributed by atoms with van der Waals surface area (Å²) in [5, 5.41) is 9.95. The summed E-state index contributed by atoms with van der Waals surface area (Å²) in [4.78, 5) is 18.9. The molecule has 0 aromatic carbocycles. The molecule has 0 atom stereocenters. The zero-order valence-electron chi connectivity index (χ0n) is 18.6. The summed E-state index contributed by atoms with van der Waals surface area (Å²) in [6.45, 7) is 10.1. The van der Waals surface area contributed by atoms with Gasteiger partial charge in [-0.1, -0.05) is 6.92 Å². The average molecular weight is 422 g/mol. The molecule has 3 N–H and O–H groups in total. The number of rotatable bonds is 13. The number of ether oxygens (including phenoxy) is 1. The minimum Gasteiger partial charge on any atom is -0.469 e. The summed E-state index contributed by atoms with van der Waals surface area (Å²) in [6.07, 6.45) is 6.39. The maximum Gasteiger partial charge on any atom is 0.234 e. The number of amides is 1. The van der Waals surface area contributed by atoms with E-state index in [0.29, 0.717) is 12.6 Å². The summed E-state index contributed by atoms with van der Waals surface area (Å²) in [5.74, 6) is 1.93. The van der Waals surface area contributed by atoms with Gasteiger partial charge in [0.25, 0.3) is 0 Å². The molecule has 0 unspecified atom stereocenters. The van der Waals surface area contributed by atoms with Gasteiger partial charge in [-0.3, -0.25) is 14.7 Å². The van der Waals surface area contributed by atoms with Crippen LogP contribution in [-0.2, 0) is 16.0 Å². The Morgan fingerprint density at radius 3 is 2.80 bits per heavy atom. The molecule has 0 saturated carbocycles. The Hall–Kier alpha value is -2.06. The molecule has 30 heavy (non-hydrogen) atoms. The van der Waals surface area contributed by atoms with Crippen molar-refractivity contribution in [1.82, 2.24) is 20.9 Å². The van der Waals surface area contributed by atoms with Crippen LogP contribution in [0.3, 0.4) is 0 Å². The lowest BCUT2D eigenvalue weighted by atomic mass is 10.1. The van der Waals surface area contributed by atoms with Gasteiger partial charge >= 0.3 is 0 Å². The highest BCUT2D eigenvalue weighted by atomic mass is 16.5. The zero-order chi connectivity index (χ0) is 21.4. The third-order valence-corrected chi connectivity index (χ3v) is 5.03. The standard InChI is InChI=1S/C22H39N5O3/c1-3-11-23-21(28)18-27-14-9-19(10-15-27)26-22(24-12-6-16-29-4-2)25-13-8-20-7-5-17-30-20/h5,7,17,19H,3-4,6,8-16,18H2,1-2H3,(H,23,28)(H2,24,25,26). The van der Waals surface area contributed by atoms with Crippen LogP contribution < -0.4 is 16.0 Å². The number of carbonyl (C=O) groups excluding carboxylic acids is 1. The van der Waals surface area contributed by atoms with Gasteiger partial charge in [-0.15, -0.1) is 0 Å². The van der Waals surface area contributed by atoms with Crippen LogP contribution in [0.15, 0.2) is 27.8 Å². The van der Waals surface area contributed by atoms with Crippen LogP contribution in [0.4, 0.5) is 0 Å². The Balaban J connectivity index is 1.75. The molecule has 1 amide bonds. The summed E-state index contributed by atoms with van der Waals surface area (Å²) < 4.78 is 10.8. The van der Waals surface area contributed by atoms with E-state index in [1.165, 1.54) is 0 Å². The quantitative estimate of drug-likeness (QED) is 0.255. The van der Waals surface area contributed by atoms with Crippen molar-refractivity contribution in [1.29, 1.82) is 0 Å². The molecule has 2 rings (SSSR count). The van der Waals surface area contributed by atoms with Gasteiger partial charge < -0.3 is 25.1 Å². The van der Waals surface area contributed by atoms with Crippen LogP contribution in [0.1, 0.15) is 45.3 Å². The number of guanidine groups is 1. The SMILES string of the molecule is CCCNC(=O)CN1CCC(NC(=NCCCOCC)NCCc2ccco2)CC1. The highest BCUT2D eigenvalue weighted by Gasteiger charge is 2.21. The summed E-state index contributed by atoms with van der Waals surface area (Å²) in [5.41, 5.74) is 0. The van der Waals surface area contributed by atoms with Gasteiger partial charge in [-0.25, -0.2) is 0 Å². The Morgan fingerprint density at radius 1 is 1.27 bits per heavy atom. The summed E-state index contributed by atoms with van der Waals surface area (Å²) in [7, 11) is 0. The first kappa shape index (κ1) is 24.2. The number of likely N-dealkylation sites (tertiary alicyclic amines) is 1. The van der Waals surface area contributed by atoms with Crippen molar-refractivity contribution in [2.75, 3.05) is 52.5 Å². The lowest BCUT2D eigenvalue weighted by molar-refractivity contribution is -0.122. The van der Waals surface area contributed by atoms with E-state index in [1.54, 1.807) is 6.26 Å². The Bertz CT molecular complexity index is 598. The predicted molar refractivity (Wildman–Crippen MR) is 120 cm³/mol. The van der Waals surface area contributed by atoms with E-state index in [0.717, 1.165) is 89.8 Å². The Morgan fingerprint density at radius 2 is 2.10 bits per heavy atom. The Kier molecular flexibility index (Phi) is 12.0. The largest absolute Gasteiger partial charge is 0.469 e. The van der Waals surface area contributed by atoms with Crippen molar-refractivity contribution in [3.05, 3.63) is 24.2 Å². The van der Waals surface area contributed by atoms with Gasteiger partial charge in [-0.2, -0.15) is 0 Å². The molecule has 1 saturated heterocycles. The minimum absolute atomic E-state index is 0.124. The molecule has 1 aliphatic rings. The maximum absolute atomic E-state index is 11.9. The van der Waals surface area contributed by atoms with E-state index in [9.17, 15) is 4.79 Å².